The van der Waals surface area contributed by atoms with E-state index in [2.05, 4.69) is 10.6 Å². The molecule has 1 aliphatic heterocycles. The fourth-order valence-corrected chi connectivity index (χ4v) is 2.66. The number of primary amides is 1. The first kappa shape index (κ1) is 17.3. The van der Waals surface area contributed by atoms with E-state index in [1.165, 1.54) is 0 Å². The van der Waals surface area contributed by atoms with E-state index in [1.807, 2.05) is 24.5 Å². The molecule has 1 heterocycles. The summed E-state index contributed by atoms with van der Waals surface area (Å²) in [6.45, 7) is 1.40. The van der Waals surface area contributed by atoms with Crippen LogP contribution in [0.4, 0.5) is 4.79 Å². The van der Waals surface area contributed by atoms with Crippen molar-refractivity contribution in [3.05, 3.63) is 23.8 Å². The topological polar surface area (TPSA) is 103 Å². The quantitative estimate of drug-likeness (QED) is 0.684. The Hall–Kier alpha value is -2.09. The first-order valence-corrected chi connectivity index (χ1v) is 8.70. The van der Waals surface area contributed by atoms with Crippen LogP contribution in [0.15, 0.2) is 18.2 Å². The first-order chi connectivity index (χ1) is 11.1. The summed E-state index contributed by atoms with van der Waals surface area (Å²) in [6.07, 6.45) is 2.46. The molecule has 8 heteroatoms. The highest BCUT2D eigenvalue weighted by atomic mass is 32.2. The van der Waals surface area contributed by atoms with E-state index in [0.717, 1.165) is 11.3 Å². The van der Waals surface area contributed by atoms with E-state index in [4.69, 9.17) is 15.2 Å². The predicted molar refractivity (Wildman–Crippen MR) is 88.8 cm³/mol. The molecule has 126 valence electrons. The Kier molecular flexibility index (Phi) is 6.40. The van der Waals surface area contributed by atoms with Crippen LogP contribution in [0.2, 0.25) is 0 Å². The van der Waals surface area contributed by atoms with Crippen molar-refractivity contribution in [2.45, 2.75) is 19.0 Å². The van der Waals surface area contributed by atoms with Gasteiger partial charge in [0.25, 0.3) is 0 Å². The number of rotatable bonds is 7. The third-order valence-electron chi connectivity index (χ3n) is 3.32. The van der Waals surface area contributed by atoms with E-state index in [1.54, 1.807) is 11.8 Å². The van der Waals surface area contributed by atoms with Crippen LogP contribution in [-0.2, 0) is 11.3 Å². The summed E-state index contributed by atoms with van der Waals surface area (Å²) in [5.74, 6) is 1.88. The Balaban J connectivity index is 1.92. The number of carbonyl (C=O) groups excluding carboxylic acids is 2. The number of benzene rings is 1. The molecule has 1 aliphatic rings. The molecule has 0 spiro atoms. The molecule has 7 nitrogen and oxygen atoms in total. The van der Waals surface area contributed by atoms with Gasteiger partial charge in [-0.05, 0) is 36.1 Å². The third kappa shape index (κ3) is 5.24. The van der Waals surface area contributed by atoms with Gasteiger partial charge in [-0.15, -0.1) is 0 Å². The fourth-order valence-electron chi connectivity index (χ4n) is 2.19. The van der Waals surface area contributed by atoms with Gasteiger partial charge in [-0.2, -0.15) is 11.8 Å². The van der Waals surface area contributed by atoms with Crippen molar-refractivity contribution in [3.8, 4) is 11.5 Å². The van der Waals surface area contributed by atoms with Gasteiger partial charge in [0.1, 0.15) is 19.3 Å². The molecular weight excluding hydrogens is 318 g/mol. The molecule has 0 saturated carbocycles. The van der Waals surface area contributed by atoms with E-state index in [-0.39, 0.29) is 5.91 Å². The average Bonchev–Trinajstić information content (AvgIpc) is 2.56. The zero-order valence-corrected chi connectivity index (χ0v) is 13.8. The van der Waals surface area contributed by atoms with Gasteiger partial charge >= 0.3 is 6.03 Å². The molecule has 0 saturated heterocycles. The standard InChI is InChI=1S/C15H21N3O4S/c1-23-7-4-11(18-15(16)20)14(19)17-9-10-2-3-12-13(8-10)22-6-5-21-12/h2-3,8,11H,4-7,9H2,1H3,(H,17,19)(H3,16,18,20)/t11-/m0/s1. The molecule has 23 heavy (non-hydrogen) atoms. The van der Waals surface area contributed by atoms with Gasteiger partial charge in [-0.3, -0.25) is 4.79 Å². The number of hydrogen-bond acceptors (Lipinski definition) is 5. The van der Waals surface area contributed by atoms with Crippen LogP contribution in [-0.4, -0.2) is 43.2 Å². The molecule has 0 aliphatic carbocycles. The molecule has 0 bridgehead atoms. The molecule has 0 radical (unpaired) electrons. The van der Waals surface area contributed by atoms with Crippen molar-refractivity contribution in [1.29, 1.82) is 0 Å². The van der Waals surface area contributed by atoms with E-state index in [0.29, 0.717) is 37.7 Å². The molecule has 0 aromatic heterocycles. The van der Waals surface area contributed by atoms with Gasteiger partial charge in [0.2, 0.25) is 5.91 Å². The van der Waals surface area contributed by atoms with Crippen molar-refractivity contribution in [2.75, 3.05) is 25.2 Å². The molecule has 3 amide bonds. The average molecular weight is 339 g/mol. The van der Waals surface area contributed by atoms with Crippen LogP contribution in [0.25, 0.3) is 0 Å². The maximum atomic E-state index is 12.2. The summed E-state index contributed by atoms with van der Waals surface area (Å²) in [6, 6.07) is 4.20. The van der Waals surface area contributed by atoms with Crippen LogP contribution in [0, 0.1) is 0 Å². The van der Waals surface area contributed by atoms with Crippen LogP contribution in [0.3, 0.4) is 0 Å². The minimum atomic E-state index is -0.703. The lowest BCUT2D eigenvalue weighted by molar-refractivity contribution is -0.123. The number of fused-ring (bicyclic) bond motifs is 1. The second kappa shape index (κ2) is 8.52. The van der Waals surface area contributed by atoms with Gasteiger partial charge in [-0.1, -0.05) is 6.07 Å². The highest BCUT2D eigenvalue weighted by Gasteiger charge is 2.19. The van der Waals surface area contributed by atoms with E-state index in [9.17, 15) is 9.59 Å². The second-order valence-corrected chi connectivity index (χ2v) is 6.02. The molecule has 1 aromatic rings. The van der Waals surface area contributed by atoms with Gasteiger partial charge in [0.15, 0.2) is 11.5 Å². The lowest BCUT2D eigenvalue weighted by Crippen LogP contribution is -2.48. The molecule has 1 atom stereocenters. The molecule has 4 N–H and O–H groups in total. The number of ether oxygens (including phenoxy) is 2. The molecule has 2 rings (SSSR count). The zero-order chi connectivity index (χ0) is 16.7. The largest absolute Gasteiger partial charge is 0.486 e. The maximum absolute atomic E-state index is 12.2. The van der Waals surface area contributed by atoms with Crippen LogP contribution >= 0.6 is 11.8 Å². The first-order valence-electron chi connectivity index (χ1n) is 7.31. The summed E-state index contributed by atoms with van der Waals surface area (Å²) in [5.41, 5.74) is 6.01. The highest BCUT2D eigenvalue weighted by Crippen LogP contribution is 2.30. The second-order valence-electron chi connectivity index (χ2n) is 5.04. The number of nitrogens with one attached hydrogen (secondary N) is 2. The van der Waals surface area contributed by atoms with E-state index >= 15 is 0 Å². The maximum Gasteiger partial charge on any atom is 0.312 e. The number of thioether (sulfide) groups is 1. The molecule has 0 unspecified atom stereocenters. The van der Waals surface area contributed by atoms with Crippen molar-refractivity contribution < 1.29 is 19.1 Å². The summed E-state index contributed by atoms with van der Waals surface area (Å²) >= 11 is 1.60. The summed E-state index contributed by atoms with van der Waals surface area (Å²) in [4.78, 5) is 23.2. The number of carbonyl (C=O) groups is 2. The lowest BCUT2D eigenvalue weighted by atomic mass is 10.1. The number of amides is 3. The van der Waals surface area contributed by atoms with Crippen LogP contribution in [0.1, 0.15) is 12.0 Å². The number of hydrogen-bond donors (Lipinski definition) is 3. The Morgan fingerprint density at radius 3 is 2.74 bits per heavy atom. The van der Waals surface area contributed by atoms with Gasteiger partial charge in [-0.25, -0.2) is 4.79 Å². The Morgan fingerprint density at radius 2 is 2.04 bits per heavy atom. The predicted octanol–water partition coefficient (Wildman–Crippen LogP) is 0.864. The van der Waals surface area contributed by atoms with Gasteiger partial charge < -0.3 is 25.8 Å². The molecular formula is C15H21N3O4S. The normalized spacial score (nSPS) is 14.0. The van der Waals surface area contributed by atoms with Crippen LogP contribution < -0.4 is 25.8 Å². The lowest BCUT2D eigenvalue weighted by Gasteiger charge is -2.20. The van der Waals surface area contributed by atoms with Crippen molar-refractivity contribution in [2.24, 2.45) is 5.73 Å². The fraction of sp³-hybridized carbons (Fsp3) is 0.467. The van der Waals surface area contributed by atoms with Gasteiger partial charge in [0.05, 0.1) is 0 Å². The smallest absolute Gasteiger partial charge is 0.312 e. The third-order valence-corrected chi connectivity index (χ3v) is 3.96. The van der Waals surface area contributed by atoms with Crippen molar-refractivity contribution in [1.82, 2.24) is 10.6 Å². The highest BCUT2D eigenvalue weighted by molar-refractivity contribution is 7.98. The Morgan fingerprint density at radius 1 is 1.30 bits per heavy atom. The minimum Gasteiger partial charge on any atom is -0.486 e. The SMILES string of the molecule is CSCC[C@H](NC(N)=O)C(=O)NCc1ccc2c(c1)OCCO2. The summed E-state index contributed by atoms with van der Waals surface area (Å²) in [5, 5.41) is 5.27. The van der Waals surface area contributed by atoms with Crippen LogP contribution in [0.5, 0.6) is 11.5 Å². The number of urea groups is 1. The molecule has 1 aromatic carbocycles. The Bertz CT molecular complexity index is 568. The molecule has 0 fully saturated rings. The monoisotopic (exact) mass is 339 g/mol. The summed E-state index contributed by atoms with van der Waals surface area (Å²) < 4.78 is 11.0. The zero-order valence-electron chi connectivity index (χ0n) is 13.0. The van der Waals surface area contributed by atoms with Crippen molar-refractivity contribution in [3.63, 3.8) is 0 Å². The minimum absolute atomic E-state index is 0.257. The number of nitrogens with two attached hydrogens (primary N) is 1. The van der Waals surface area contributed by atoms with Crippen molar-refractivity contribution >= 4 is 23.7 Å². The Labute approximate surface area is 139 Å². The summed E-state index contributed by atoms with van der Waals surface area (Å²) in [7, 11) is 0. The van der Waals surface area contributed by atoms with E-state index < -0.39 is 12.1 Å². The van der Waals surface area contributed by atoms with Gasteiger partial charge in [0, 0.05) is 6.54 Å².